The second-order valence-corrected chi connectivity index (χ2v) is 5.77. The van der Waals surface area contributed by atoms with Crippen molar-refractivity contribution >= 4 is 17.4 Å². The van der Waals surface area contributed by atoms with Gasteiger partial charge in [-0.2, -0.15) is 0 Å². The number of hydrogen-bond acceptors (Lipinski definition) is 3. The number of carbonyl (C=O) groups excluding carboxylic acids is 2. The Labute approximate surface area is 120 Å². The molecule has 1 aliphatic rings. The Morgan fingerprint density at radius 2 is 2.10 bits per heavy atom. The standard InChI is InChI=1S/C16H22N2O2/c1-11(2)9-17-16(20)10-18-7-6-14-8-13(12(3)19)4-5-15(14)18/h4-5,8,11H,6-7,9-10H2,1-3H3,(H,17,20). The van der Waals surface area contributed by atoms with Crippen LogP contribution in [0.4, 0.5) is 5.69 Å². The molecule has 4 nitrogen and oxygen atoms in total. The van der Waals surface area contributed by atoms with Crippen molar-refractivity contribution in [1.82, 2.24) is 5.32 Å². The van der Waals surface area contributed by atoms with E-state index in [1.54, 1.807) is 6.92 Å². The largest absolute Gasteiger partial charge is 0.362 e. The van der Waals surface area contributed by atoms with E-state index in [-0.39, 0.29) is 11.7 Å². The van der Waals surface area contributed by atoms with Crippen LogP contribution in [0.2, 0.25) is 0 Å². The van der Waals surface area contributed by atoms with Crippen molar-refractivity contribution in [3.63, 3.8) is 0 Å². The third kappa shape index (κ3) is 3.38. The van der Waals surface area contributed by atoms with Crippen LogP contribution < -0.4 is 10.2 Å². The van der Waals surface area contributed by atoms with E-state index in [4.69, 9.17) is 0 Å². The second-order valence-electron chi connectivity index (χ2n) is 5.77. The smallest absolute Gasteiger partial charge is 0.239 e. The number of benzene rings is 1. The van der Waals surface area contributed by atoms with Crippen molar-refractivity contribution in [1.29, 1.82) is 0 Å². The average Bonchev–Trinajstić information content (AvgIpc) is 2.79. The summed E-state index contributed by atoms with van der Waals surface area (Å²) in [6.07, 6.45) is 0.897. The van der Waals surface area contributed by atoms with Crippen molar-refractivity contribution in [3.8, 4) is 0 Å². The first-order valence-corrected chi connectivity index (χ1v) is 7.13. The highest BCUT2D eigenvalue weighted by molar-refractivity contribution is 5.95. The van der Waals surface area contributed by atoms with Gasteiger partial charge in [0.1, 0.15) is 0 Å². The molecule has 0 saturated carbocycles. The molecule has 1 aliphatic heterocycles. The zero-order valence-corrected chi connectivity index (χ0v) is 12.4. The monoisotopic (exact) mass is 274 g/mol. The number of fused-ring (bicyclic) bond motifs is 1. The lowest BCUT2D eigenvalue weighted by atomic mass is 10.1. The molecule has 2 rings (SSSR count). The molecule has 4 heteroatoms. The van der Waals surface area contributed by atoms with E-state index in [1.165, 1.54) is 0 Å². The Hall–Kier alpha value is -1.84. The molecule has 0 unspecified atom stereocenters. The molecule has 1 aromatic carbocycles. The summed E-state index contributed by atoms with van der Waals surface area (Å²) in [6, 6.07) is 5.74. The van der Waals surface area contributed by atoms with Crippen LogP contribution in [0.5, 0.6) is 0 Å². The fourth-order valence-corrected chi connectivity index (χ4v) is 2.40. The predicted molar refractivity (Wildman–Crippen MR) is 80.2 cm³/mol. The van der Waals surface area contributed by atoms with Crippen LogP contribution in [-0.4, -0.2) is 31.3 Å². The molecule has 20 heavy (non-hydrogen) atoms. The zero-order chi connectivity index (χ0) is 14.7. The molecule has 0 aliphatic carbocycles. The molecule has 0 atom stereocenters. The zero-order valence-electron chi connectivity index (χ0n) is 12.4. The van der Waals surface area contributed by atoms with Crippen molar-refractivity contribution in [2.45, 2.75) is 27.2 Å². The summed E-state index contributed by atoms with van der Waals surface area (Å²) in [7, 11) is 0. The number of nitrogens with zero attached hydrogens (tertiary/aromatic N) is 1. The third-order valence-electron chi connectivity index (χ3n) is 3.52. The fraction of sp³-hybridized carbons (Fsp3) is 0.500. The molecule has 1 aromatic rings. The van der Waals surface area contributed by atoms with Gasteiger partial charge in [-0.05, 0) is 43.0 Å². The molecule has 1 N–H and O–H groups in total. The van der Waals surface area contributed by atoms with E-state index in [2.05, 4.69) is 24.1 Å². The van der Waals surface area contributed by atoms with Gasteiger partial charge in [-0.1, -0.05) is 13.8 Å². The second kappa shape index (κ2) is 6.07. The number of amides is 1. The highest BCUT2D eigenvalue weighted by atomic mass is 16.2. The van der Waals surface area contributed by atoms with Gasteiger partial charge in [-0.25, -0.2) is 0 Å². The van der Waals surface area contributed by atoms with Gasteiger partial charge in [0.2, 0.25) is 5.91 Å². The Bertz CT molecular complexity index is 523. The highest BCUT2D eigenvalue weighted by Gasteiger charge is 2.21. The van der Waals surface area contributed by atoms with Gasteiger partial charge in [-0.3, -0.25) is 9.59 Å². The Balaban J connectivity index is 2.01. The first kappa shape index (κ1) is 14.6. The van der Waals surface area contributed by atoms with Crippen molar-refractivity contribution in [2.75, 3.05) is 24.5 Å². The summed E-state index contributed by atoms with van der Waals surface area (Å²) in [5, 5.41) is 2.93. The van der Waals surface area contributed by atoms with Crippen LogP contribution in [0.3, 0.4) is 0 Å². The molecular weight excluding hydrogens is 252 g/mol. The van der Waals surface area contributed by atoms with E-state index >= 15 is 0 Å². The molecular formula is C16H22N2O2. The fourth-order valence-electron chi connectivity index (χ4n) is 2.40. The number of anilines is 1. The minimum absolute atomic E-state index is 0.0576. The molecule has 0 radical (unpaired) electrons. The van der Waals surface area contributed by atoms with Crippen LogP contribution in [0, 0.1) is 5.92 Å². The van der Waals surface area contributed by atoms with Crippen LogP contribution in [0.15, 0.2) is 18.2 Å². The summed E-state index contributed by atoms with van der Waals surface area (Å²) in [5.74, 6) is 0.603. The Morgan fingerprint density at radius 1 is 1.35 bits per heavy atom. The average molecular weight is 274 g/mol. The van der Waals surface area contributed by atoms with Gasteiger partial charge >= 0.3 is 0 Å². The topological polar surface area (TPSA) is 49.4 Å². The summed E-state index contributed by atoms with van der Waals surface area (Å²) >= 11 is 0. The first-order valence-electron chi connectivity index (χ1n) is 7.13. The molecule has 1 heterocycles. The van der Waals surface area contributed by atoms with Gasteiger partial charge in [-0.15, -0.1) is 0 Å². The third-order valence-corrected chi connectivity index (χ3v) is 3.52. The minimum atomic E-state index is 0.0576. The minimum Gasteiger partial charge on any atom is -0.362 e. The number of nitrogens with one attached hydrogen (secondary N) is 1. The number of ketones is 1. The number of rotatable bonds is 5. The normalized spacial score (nSPS) is 13.5. The van der Waals surface area contributed by atoms with E-state index in [9.17, 15) is 9.59 Å². The van der Waals surface area contributed by atoms with Gasteiger partial charge in [0.05, 0.1) is 6.54 Å². The molecule has 108 valence electrons. The van der Waals surface area contributed by atoms with Gasteiger partial charge < -0.3 is 10.2 Å². The summed E-state index contributed by atoms with van der Waals surface area (Å²) < 4.78 is 0. The molecule has 0 saturated heterocycles. The maximum absolute atomic E-state index is 11.9. The maximum Gasteiger partial charge on any atom is 0.239 e. The number of hydrogen-bond donors (Lipinski definition) is 1. The molecule has 0 spiro atoms. The van der Waals surface area contributed by atoms with E-state index in [1.807, 2.05) is 18.2 Å². The van der Waals surface area contributed by atoms with Crippen LogP contribution in [0.25, 0.3) is 0 Å². The Morgan fingerprint density at radius 3 is 2.75 bits per heavy atom. The van der Waals surface area contributed by atoms with Gasteiger partial charge in [0, 0.05) is 24.3 Å². The maximum atomic E-state index is 11.9. The van der Waals surface area contributed by atoms with Crippen molar-refractivity contribution < 1.29 is 9.59 Å². The summed E-state index contributed by atoms with van der Waals surface area (Å²) in [4.78, 5) is 25.3. The first-order chi connectivity index (χ1) is 9.47. The van der Waals surface area contributed by atoms with Crippen molar-refractivity contribution in [3.05, 3.63) is 29.3 Å². The van der Waals surface area contributed by atoms with Crippen LogP contribution >= 0.6 is 0 Å². The molecule has 0 bridgehead atoms. The quantitative estimate of drug-likeness (QED) is 0.836. The van der Waals surface area contributed by atoms with E-state index in [0.717, 1.165) is 29.8 Å². The lowest BCUT2D eigenvalue weighted by Crippen LogP contribution is -2.37. The van der Waals surface area contributed by atoms with E-state index in [0.29, 0.717) is 19.0 Å². The highest BCUT2D eigenvalue weighted by Crippen LogP contribution is 2.28. The van der Waals surface area contributed by atoms with Crippen LogP contribution in [-0.2, 0) is 11.2 Å². The summed E-state index contributed by atoms with van der Waals surface area (Å²) in [5.41, 5.74) is 2.99. The lowest BCUT2D eigenvalue weighted by Gasteiger charge is -2.19. The molecule has 1 amide bonds. The van der Waals surface area contributed by atoms with E-state index < -0.39 is 0 Å². The summed E-state index contributed by atoms with van der Waals surface area (Å²) in [6.45, 7) is 7.67. The predicted octanol–water partition coefficient (Wildman–Crippen LogP) is 2.02. The SMILES string of the molecule is CC(=O)c1ccc2c(c1)CCN2CC(=O)NCC(C)C. The number of Topliss-reactive ketones (excluding diaryl/α,β-unsaturated/α-hetero) is 1. The molecule has 0 aromatic heterocycles. The van der Waals surface area contributed by atoms with Crippen molar-refractivity contribution in [2.24, 2.45) is 5.92 Å². The molecule has 0 fully saturated rings. The van der Waals surface area contributed by atoms with Gasteiger partial charge in [0.25, 0.3) is 0 Å². The number of carbonyl (C=O) groups is 2. The van der Waals surface area contributed by atoms with Crippen LogP contribution in [0.1, 0.15) is 36.7 Å². The van der Waals surface area contributed by atoms with Gasteiger partial charge in [0.15, 0.2) is 5.78 Å². The lowest BCUT2D eigenvalue weighted by molar-refractivity contribution is -0.119. The Kier molecular flexibility index (Phi) is 4.42.